The lowest BCUT2D eigenvalue weighted by Gasteiger charge is -2.35. The van der Waals surface area contributed by atoms with Gasteiger partial charge in [0, 0.05) is 0 Å². The molecule has 3 saturated carbocycles. The zero-order valence-corrected chi connectivity index (χ0v) is 8.40. The van der Waals surface area contributed by atoms with Crippen LogP contribution in [0.1, 0.15) is 19.3 Å². The maximum absolute atomic E-state index is 12.8. The fraction of sp³-hybridized carbons (Fsp3) is 0.846. The Morgan fingerprint density at radius 2 is 1.79 bits per heavy atom. The van der Waals surface area contributed by atoms with Crippen LogP contribution in [0.25, 0.3) is 0 Å². The molecule has 76 valence electrons. The minimum absolute atomic E-state index is 0.0501. The van der Waals surface area contributed by atoms with E-state index < -0.39 is 0 Å². The third-order valence-electron chi connectivity index (χ3n) is 5.61. The van der Waals surface area contributed by atoms with Crippen molar-refractivity contribution in [2.45, 2.75) is 19.3 Å². The van der Waals surface area contributed by atoms with Gasteiger partial charge in [0.2, 0.25) is 0 Å². The molecule has 4 aliphatic rings. The smallest absolute Gasteiger partial charge is 0.0925 e. The van der Waals surface area contributed by atoms with E-state index in [4.69, 9.17) is 0 Å². The van der Waals surface area contributed by atoms with Crippen LogP contribution < -0.4 is 0 Å². The first-order valence-electron chi connectivity index (χ1n) is 6.12. The van der Waals surface area contributed by atoms with Crippen LogP contribution in [0, 0.1) is 41.4 Å². The Hall–Kier alpha value is -0.330. The van der Waals surface area contributed by atoms with Crippen molar-refractivity contribution in [1.29, 1.82) is 0 Å². The lowest BCUT2D eigenvalue weighted by molar-refractivity contribution is 0.130. The van der Waals surface area contributed by atoms with Crippen LogP contribution in [0.5, 0.6) is 0 Å². The summed E-state index contributed by atoms with van der Waals surface area (Å²) in [7, 11) is 0. The highest BCUT2D eigenvalue weighted by Gasteiger charge is 2.60. The van der Waals surface area contributed by atoms with Crippen LogP contribution in [0.2, 0.25) is 0 Å². The molecule has 7 atom stereocenters. The zero-order valence-electron chi connectivity index (χ0n) is 8.40. The predicted octanol–water partition coefficient (Wildman–Crippen LogP) is 3.05. The van der Waals surface area contributed by atoms with Crippen molar-refractivity contribution in [2.24, 2.45) is 41.4 Å². The number of hydrogen-bond donors (Lipinski definition) is 0. The topological polar surface area (TPSA) is 0 Å². The second-order valence-corrected chi connectivity index (χ2v) is 5.91. The summed E-state index contributed by atoms with van der Waals surface area (Å²) in [6.45, 7) is -0.0501. The fourth-order valence-corrected chi connectivity index (χ4v) is 5.33. The minimum atomic E-state index is -0.0501. The second kappa shape index (κ2) is 2.43. The van der Waals surface area contributed by atoms with E-state index in [1.165, 1.54) is 19.3 Å². The Morgan fingerprint density at radius 1 is 1.00 bits per heavy atom. The van der Waals surface area contributed by atoms with Gasteiger partial charge in [-0.05, 0) is 60.7 Å². The number of fused-ring (bicyclic) bond motifs is 9. The molecule has 4 rings (SSSR count). The summed E-state index contributed by atoms with van der Waals surface area (Å²) < 4.78 is 12.8. The summed E-state index contributed by atoms with van der Waals surface area (Å²) in [5.74, 6) is 5.69. The van der Waals surface area contributed by atoms with Crippen LogP contribution in [0.3, 0.4) is 0 Å². The summed E-state index contributed by atoms with van der Waals surface area (Å²) in [6.07, 6.45) is 8.86. The molecule has 0 aliphatic heterocycles. The first kappa shape index (κ1) is 7.90. The highest BCUT2D eigenvalue weighted by atomic mass is 19.1. The third-order valence-corrected chi connectivity index (χ3v) is 5.61. The van der Waals surface area contributed by atoms with Crippen molar-refractivity contribution < 1.29 is 4.39 Å². The van der Waals surface area contributed by atoms with Gasteiger partial charge in [0.05, 0.1) is 6.67 Å². The molecule has 14 heavy (non-hydrogen) atoms. The number of rotatable bonds is 1. The molecule has 0 aromatic carbocycles. The molecule has 0 aromatic rings. The van der Waals surface area contributed by atoms with Crippen molar-refractivity contribution in [3.63, 3.8) is 0 Å². The molecule has 0 N–H and O–H groups in total. The largest absolute Gasteiger partial charge is 0.251 e. The number of hydrogen-bond acceptors (Lipinski definition) is 0. The average Bonchev–Trinajstić information content (AvgIpc) is 2.94. The second-order valence-electron chi connectivity index (χ2n) is 5.91. The standard InChI is InChI=1S/C13H17F/c14-6-10-4-9-5-11(10)13-8-2-1-7(3-8)12(9)13/h1-2,7-13H,3-6H2/t7-,8+,9-,10+,11-,12?,13?/m1/s1. The van der Waals surface area contributed by atoms with Gasteiger partial charge in [-0.1, -0.05) is 12.2 Å². The Balaban J connectivity index is 1.72. The lowest BCUT2D eigenvalue weighted by Crippen LogP contribution is -2.31. The molecule has 4 bridgehead atoms. The Bertz CT molecular complexity index is 296. The van der Waals surface area contributed by atoms with Crippen LogP contribution >= 0.6 is 0 Å². The van der Waals surface area contributed by atoms with Gasteiger partial charge in [-0.25, -0.2) is 0 Å². The molecule has 0 amide bonds. The van der Waals surface area contributed by atoms with E-state index in [0.29, 0.717) is 5.92 Å². The third kappa shape index (κ3) is 0.730. The van der Waals surface area contributed by atoms with Gasteiger partial charge in [0.15, 0.2) is 0 Å². The highest BCUT2D eigenvalue weighted by Crippen LogP contribution is 2.66. The van der Waals surface area contributed by atoms with Gasteiger partial charge in [0.1, 0.15) is 0 Å². The van der Waals surface area contributed by atoms with Gasteiger partial charge in [-0.15, -0.1) is 0 Å². The van der Waals surface area contributed by atoms with Crippen molar-refractivity contribution in [3.05, 3.63) is 12.2 Å². The van der Waals surface area contributed by atoms with Crippen LogP contribution in [-0.4, -0.2) is 6.67 Å². The summed E-state index contributed by atoms with van der Waals surface area (Å²) in [5.41, 5.74) is 0. The van der Waals surface area contributed by atoms with E-state index in [2.05, 4.69) is 12.2 Å². The van der Waals surface area contributed by atoms with E-state index in [-0.39, 0.29) is 6.67 Å². The molecule has 2 unspecified atom stereocenters. The molecule has 3 fully saturated rings. The zero-order chi connectivity index (χ0) is 9.28. The van der Waals surface area contributed by atoms with E-state index >= 15 is 0 Å². The van der Waals surface area contributed by atoms with Gasteiger partial charge in [0.25, 0.3) is 0 Å². The SMILES string of the molecule is FC[C@@H]1C[C@@H]2C[C@H]1C1C2[C@@H]2C=C[C@H]1C2. The molecule has 0 spiro atoms. The molecule has 0 heterocycles. The van der Waals surface area contributed by atoms with E-state index in [9.17, 15) is 4.39 Å². The predicted molar refractivity (Wildman–Crippen MR) is 53.4 cm³/mol. The van der Waals surface area contributed by atoms with Crippen molar-refractivity contribution in [3.8, 4) is 0 Å². The van der Waals surface area contributed by atoms with Crippen LogP contribution in [0.4, 0.5) is 4.39 Å². The Morgan fingerprint density at radius 3 is 2.57 bits per heavy atom. The molecular weight excluding hydrogens is 175 g/mol. The average molecular weight is 192 g/mol. The van der Waals surface area contributed by atoms with Gasteiger partial charge in [-0.2, -0.15) is 0 Å². The van der Waals surface area contributed by atoms with Crippen molar-refractivity contribution >= 4 is 0 Å². The first-order valence-corrected chi connectivity index (χ1v) is 6.12. The summed E-state index contributed by atoms with van der Waals surface area (Å²) >= 11 is 0. The van der Waals surface area contributed by atoms with Gasteiger partial charge >= 0.3 is 0 Å². The molecule has 0 nitrogen and oxygen atoms in total. The van der Waals surface area contributed by atoms with Crippen molar-refractivity contribution in [2.75, 3.05) is 6.67 Å². The number of alkyl halides is 1. The van der Waals surface area contributed by atoms with E-state index in [1.807, 2.05) is 0 Å². The van der Waals surface area contributed by atoms with Crippen LogP contribution in [0.15, 0.2) is 12.2 Å². The minimum Gasteiger partial charge on any atom is -0.251 e. The maximum atomic E-state index is 12.8. The molecule has 1 heteroatoms. The van der Waals surface area contributed by atoms with Crippen LogP contribution in [-0.2, 0) is 0 Å². The molecule has 0 aromatic heterocycles. The molecular formula is C13H17F. The monoisotopic (exact) mass is 192 g/mol. The summed E-state index contributed by atoms with van der Waals surface area (Å²) in [6, 6.07) is 0. The highest BCUT2D eigenvalue weighted by molar-refractivity contribution is 5.20. The number of halogens is 1. The summed E-state index contributed by atoms with van der Waals surface area (Å²) in [4.78, 5) is 0. The quantitative estimate of drug-likeness (QED) is 0.442. The molecule has 0 saturated heterocycles. The van der Waals surface area contributed by atoms with Crippen molar-refractivity contribution in [1.82, 2.24) is 0 Å². The molecule has 4 aliphatic carbocycles. The lowest BCUT2D eigenvalue weighted by atomic mass is 9.70. The Kier molecular flexibility index (Phi) is 1.37. The van der Waals surface area contributed by atoms with E-state index in [0.717, 1.165) is 35.5 Å². The number of allylic oxidation sites excluding steroid dienone is 2. The molecule has 0 radical (unpaired) electrons. The normalized spacial score (nSPS) is 62.5. The van der Waals surface area contributed by atoms with Gasteiger partial charge < -0.3 is 0 Å². The van der Waals surface area contributed by atoms with Gasteiger partial charge in [-0.3, -0.25) is 4.39 Å². The summed E-state index contributed by atoms with van der Waals surface area (Å²) in [5, 5.41) is 0. The van der Waals surface area contributed by atoms with E-state index in [1.54, 1.807) is 0 Å². The fourth-order valence-electron chi connectivity index (χ4n) is 5.33. The first-order chi connectivity index (χ1) is 6.88. The Labute approximate surface area is 84.6 Å². The maximum Gasteiger partial charge on any atom is 0.0925 e.